The third-order valence-electron chi connectivity index (χ3n) is 2.79. The third-order valence-corrected chi connectivity index (χ3v) is 2.79. The molecule has 4 nitrogen and oxygen atoms in total. The van der Waals surface area contributed by atoms with Crippen molar-refractivity contribution in [2.24, 2.45) is 17.2 Å². The third kappa shape index (κ3) is 3.83. The van der Waals surface area contributed by atoms with Gasteiger partial charge >= 0.3 is 0 Å². The zero-order valence-electron chi connectivity index (χ0n) is 9.66. The zero-order valence-corrected chi connectivity index (χ0v) is 9.66. The molecule has 1 saturated heterocycles. The number of rotatable bonds is 2. The molecule has 1 aliphatic rings. The molecule has 1 rings (SSSR count). The Morgan fingerprint density at radius 1 is 1.20 bits per heavy atom. The van der Waals surface area contributed by atoms with E-state index in [-0.39, 0.29) is 5.54 Å². The Morgan fingerprint density at radius 2 is 1.73 bits per heavy atom. The standard InChI is InChI=1S/C11H22N4/c1-9(12)3-4-10(13)15-7-5-11(2,14)6-8-15/h3-4H,5-8,12-14H2,1-2H3/b9-3-,10-4+. The topological polar surface area (TPSA) is 81.3 Å². The Bertz CT molecular complexity index is 264. The molecule has 86 valence electrons. The molecule has 0 saturated carbocycles. The Kier molecular flexibility index (Phi) is 3.63. The van der Waals surface area contributed by atoms with E-state index in [2.05, 4.69) is 11.8 Å². The molecule has 0 bridgehead atoms. The number of nitrogens with two attached hydrogens (primary N) is 3. The van der Waals surface area contributed by atoms with Crippen LogP contribution in [0.4, 0.5) is 0 Å². The van der Waals surface area contributed by atoms with Gasteiger partial charge in [0, 0.05) is 24.3 Å². The highest BCUT2D eigenvalue weighted by atomic mass is 15.2. The maximum Gasteiger partial charge on any atom is 0.0987 e. The van der Waals surface area contributed by atoms with Crippen LogP contribution in [0.2, 0.25) is 0 Å². The van der Waals surface area contributed by atoms with Crippen molar-refractivity contribution in [3.8, 4) is 0 Å². The van der Waals surface area contributed by atoms with Gasteiger partial charge in [-0.1, -0.05) is 0 Å². The second-order valence-corrected chi connectivity index (χ2v) is 4.64. The first-order chi connectivity index (χ1) is 6.91. The fourth-order valence-corrected chi connectivity index (χ4v) is 1.60. The van der Waals surface area contributed by atoms with Gasteiger partial charge < -0.3 is 22.1 Å². The lowest BCUT2D eigenvalue weighted by Gasteiger charge is -2.37. The van der Waals surface area contributed by atoms with Crippen LogP contribution in [0.15, 0.2) is 23.7 Å². The van der Waals surface area contributed by atoms with Gasteiger partial charge in [0.1, 0.15) is 0 Å². The minimum Gasteiger partial charge on any atom is -0.402 e. The summed E-state index contributed by atoms with van der Waals surface area (Å²) in [5.74, 6) is 0.773. The van der Waals surface area contributed by atoms with Gasteiger partial charge in [0.05, 0.1) is 5.82 Å². The zero-order chi connectivity index (χ0) is 11.5. The Labute approximate surface area is 91.8 Å². The van der Waals surface area contributed by atoms with E-state index in [1.165, 1.54) is 0 Å². The quantitative estimate of drug-likeness (QED) is 0.578. The number of allylic oxidation sites excluding steroid dienone is 3. The molecule has 0 aromatic rings. The van der Waals surface area contributed by atoms with Crippen LogP contribution in [-0.4, -0.2) is 23.5 Å². The molecule has 0 aromatic carbocycles. The molecule has 0 aliphatic carbocycles. The fourth-order valence-electron chi connectivity index (χ4n) is 1.60. The molecule has 1 aliphatic heterocycles. The summed E-state index contributed by atoms with van der Waals surface area (Å²) in [7, 11) is 0. The molecule has 0 amide bonds. The van der Waals surface area contributed by atoms with Gasteiger partial charge in [-0.3, -0.25) is 0 Å². The number of likely N-dealkylation sites (tertiary alicyclic amines) is 1. The van der Waals surface area contributed by atoms with Crippen LogP contribution in [0, 0.1) is 0 Å². The molecule has 1 fully saturated rings. The van der Waals surface area contributed by atoms with Crippen LogP contribution < -0.4 is 17.2 Å². The summed E-state index contributed by atoms with van der Waals surface area (Å²) < 4.78 is 0. The highest BCUT2D eigenvalue weighted by Gasteiger charge is 2.25. The van der Waals surface area contributed by atoms with E-state index in [4.69, 9.17) is 17.2 Å². The predicted octanol–water partition coefficient (Wildman–Crippen LogP) is 0.462. The molecule has 0 aromatic heterocycles. The summed E-state index contributed by atoms with van der Waals surface area (Å²) in [6.07, 6.45) is 5.64. The van der Waals surface area contributed by atoms with Crippen LogP contribution in [0.5, 0.6) is 0 Å². The summed E-state index contributed by atoms with van der Waals surface area (Å²) in [6, 6.07) is 0. The van der Waals surface area contributed by atoms with Gasteiger partial charge in [0.25, 0.3) is 0 Å². The van der Waals surface area contributed by atoms with E-state index < -0.39 is 0 Å². The van der Waals surface area contributed by atoms with Crippen LogP contribution in [-0.2, 0) is 0 Å². The molecule has 0 atom stereocenters. The van der Waals surface area contributed by atoms with Crippen LogP contribution >= 0.6 is 0 Å². The van der Waals surface area contributed by atoms with E-state index in [9.17, 15) is 0 Å². The van der Waals surface area contributed by atoms with E-state index >= 15 is 0 Å². The van der Waals surface area contributed by atoms with Gasteiger partial charge in [0.2, 0.25) is 0 Å². The average molecular weight is 210 g/mol. The van der Waals surface area contributed by atoms with Crippen molar-refractivity contribution in [1.29, 1.82) is 0 Å². The fraction of sp³-hybridized carbons (Fsp3) is 0.636. The molecule has 0 unspecified atom stereocenters. The van der Waals surface area contributed by atoms with E-state index in [1.807, 2.05) is 19.1 Å². The largest absolute Gasteiger partial charge is 0.402 e. The number of nitrogens with zero attached hydrogens (tertiary/aromatic N) is 1. The summed E-state index contributed by atoms with van der Waals surface area (Å²) in [4.78, 5) is 2.15. The maximum atomic E-state index is 6.04. The molecule has 15 heavy (non-hydrogen) atoms. The van der Waals surface area contributed by atoms with E-state index in [1.54, 1.807) is 0 Å². The smallest absolute Gasteiger partial charge is 0.0987 e. The molecular weight excluding hydrogens is 188 g/mol. The van der Waals surface area contributed by atoms with Crippen molar-refractivity contribution in [3.05, 3.63) is 23.7 Å². The second-order valence-electron chi connectivity index (χ2n) is 4.64. The number of hydrogen-bond acceptors (Lipinski definition) is 4. The van der Waals surface area contributed by atoms with Crippen molar-refractivity contribution in [3.63, 3.8) is 0 Å². The van der Waals surface area contributed by atoms with Crippen molar-refractivity contribution in [2.75, 3.05) is 13.1 Å². The van der Waals surface area contributed by atoms with Crippen LogP contribution in [0.3, 0.4) is 0 Å². The molecule has 0 spiro atoms. The average Bonchev–Trinajstić information content (AvgIpc) is 2.14. The number of piperidine rings is 1. The second kappa shape index (κ2) is 4.57. The molecule has 6 N–H and O–H groups in total. The van der Waals surface area contributed by atoms with Gasteiger partial charge in [-0.2, -0.15) is 0 Å². The minimum absolute atomic E-state index is 0.0313. The Hall–Kier alpha value is -1.16. The Balaban J connectivity index is 2.53. The summed E-state index contributed by atoms with van der Waals surface area (Å²) in [5, 5.41) is 0. The SMILES string of the molecule is C/C(N)=C/C=C(\N)N1CCC(C)(N)CC1. The maximum absolute atomic E-state index is 6.04. The van der Waals surface area contributed by atoms with Crippen molar-refractivity contribution >= 4 is 0 Å². The highest BCUT2D eigenvalue weighted by molar-refractivity contribution is 5.13. The lowest BCUT2D eigenvalue weighted by atomic mass is 9.91. The van der Waals surface area contributed by atoms with Gasteiger partial charge in [-0.15, -0.1) is 0 Å². The van der Waals surface area contributed by atoms with Gasteiger partial charge in [0.15, 0.2) is 0 Å². The summed E-state index contributed by atoms with van der Waals surface area (Å²) >= 11 is 0. The summed E-state index contributed by atoms with van der Waals surface area (Å²) in [5.41, 5.74) is 18.2. The Morgan fingerprint density at radius 3 is 2.20 bits per heavy atom. The minimum atomic E-state index is -0.0313. The molecular formula is C11H22N4. The van der Waals surface area contributed by atoms with Crippen LogP contribution in [0.1, 0.15) is 26.7 Å². The van der Waals surface area contributed by atoms with Crippen molar-refractivity contribution in [1.82, 2.24) is 4.90 Å². The first-order valence-corrected chi connectivity index (χ1v) is 5.34. The monoisotopic (exact) mass is 210 g/mol. The first kappa shape index (κ1) is 11.9. The lowest BCUT2D eigenvalue weighted by Crippen LogP contribution is -2.48. The highest BCUT2D eigenvalue weighted by Crippen LogP contribution is 2.20. The van der Waals surface area contributed by atoms with Crippen molar-refractivity contribution in [2.45, 2.75) is 32.2 Å². The molecule has 1 heterocycles. The first-order valence-electron chi connectivity index (χ1n) is 5.34. The van der Waals surface area contributed by atoms with Crippen LogP contribution in [0.25, 0.3) is 0 Å². The van der Waals surface area contributed by atoms with E-state index in [0.717, 1.165) is 37.4 Å². The lowest BCUT2D eigenvalue weighted by molar-refractivity contribution is 0.208. The van der Waals surface area contributed by atoms with Crippen molar-refractivity contribution < 1.29 is 0 Å². The normalized spacial score (nSPS) is 23.0. The van der Waals surface area contributed by atoms with Gasteiger partial charge in [-0.05, 0) is 38.8 Å². The molecule has 0 radical (unpaired) electrons. The molecule has 4 heteroatoms. The predicted molar refractivity (Wildman–Crippen MR) is 63.6 cm³/mol. The van der Waals surface area contributed by atoms with E-state index in [0.29, 0.717) is 0 Å². The number of hydrogen-bond donors (Lipinski definition) is 3. The summed E-state index contributed by atoms with van der Waals surface area (Å²) in [6.45, 7) is 5.78. The van der Waals surface area contributed by atoms with Gasteiger partial charge in [-0.25, -0.2) is 0 Å².